The summed E-state index contributed by atoms with van der Waals surface area (Å²) in [5.74, 6) is 1.49. The highest BCUT2D eigenvalue weighted by molar-refractivity contribution is 5.67. The van der Waals surface area contributed by atoms with Gasteiger partial charge < -0.3 is 10.4 Å². The van der Waals surface area contributed by atoms with E-state index in [2.05, 4.69) is 43.7 Å². The standard InChI is InChI=1S/C14H19N5O2/c1-8-5-9(2)7-10(6-8)3-4-15-13-14(20)17-12-11(16-13)18-21-19-12/h9-10H,1,3-7H2,2H3,(H,15,16,18)(H,17,19,20). The van der Waals surface area contributed by atoms with Crippen LogP contribution in [0.25, 0.3) is 11.3 Å². The van der Waals surface area contributed by atoms with Crippen molar-refractivity contribution in [2.24, 2.45) is 11.8 Å². The number of nitrogens with one attached hydrogen (secondary N) is 1. The number of nitrogens with zero attached hydrogens (tertiary/aromatic N) is 4. The molecule has 1 aliphatic rings. The number of fused-ring (bicyclic) bond motifs is 1. The molecule has 2 unspecified atom stereocenters. The van der Waals surface area contributed by atoms with Gasteiger partial charge in [0.1, 0.15) is 0 Å². The lowest BCUT2D eigenvalue weighted by molar-refractivity contribution is 0.314. The molecular weight excluding hydrogens is 270 g/mol. The number of rotatable bonds is 4. The normalized spacial score (nSPS) is 22.6. The average Bonchev–Trinajstić information content (AvgIpc) is 2.84. The predicted octanol–water partition coefficient (Wildman–Crippen LogP) is 2.51. The van der Waals surface area contributed by atoms with Crippen molar-refractivity contribution < 1.29 is 9.74 Å². The number of aromatic hydroxyl groups is 1. The van der Waals surface area contributed by atoms with Crippen LogP contribution in [-0.2, 0) is 0 Å². The van der Waals surface area contributed by atoms with E-state index in [0.29, 0.717) is 17.7 Å². The summed E-state index contributed by atoms with van der Waals surface area (Å²) in [5, 5.41) is 20.0. The van der Waals surface area contributed by atoms with E-state index in [1.54, 1.807) is 0 Å². The van der Waals surface area contributed by atoms with Crippen molar-refractivity contribution in [1.29, 1.82) is 0 Å². The number of anilines is 1. The number of aromatic nitrogens is 4. The molecule has 21 heavy (non-hydrogen) atoms. The molecule has 2 heterocycles. The average molecular weight is 289 g/mol. The quantitative estimate of drug-likeness (QED) is 0.834. The Morgan fingerprint density at radius 2 is 2.05 bits per heavy atom. The number of allylic oxidation sites excluding steroid dienone is 1. The largest absolute Gasteiger partial charge is 0.491 e. The molecule has 3 rings (SSSR count). The second kappa shape index (κ2) is 5.67. The molecule has 0 radical (unpaired) electrons. The molecule has 7 nitrogen and oxygen atoms in total. The van der Waals surface area contributed by atoms with Gasteiger partial charge in [0.25, 0.3) is 5.88 Å². The monoisotopic (exact) mass is 289 g/mol. The van der Waals surface area contributed by atoms with E-state index < -0.39 is 0 Å². The molecule has 2 N–H and O–H groups in total. The third kappa shape index (κ3) is 3.12. The maximum atomic E-state index is 9.79. The van der Waals surface area contributed by atoms with Gasteiger partial charge in [-0.05, 0) is 47.8 Å². The van der Waals surface area contributed by atoms with Crippen molar-refractivity contribution in [2.45, 2.75) is 32.6 Å². The summed E-state index contributed by atoms with van der Waals surface area (Å²) < 4.78 is 4.52. The SMILES string of the molecule is C=C1CC(C)CC(CCNc2nc3nonc3nc2O)C1. The molecular formula is C14H19N5O2. The molecule has 0 aromatic carbocycles. The first kappa shape index (κ1) is 13.8. The fraction of sp³-hybridized carbons (Fsp3) is 0.571. The zero-order chi connectivity index (χ0) is 14.8. The second-order valence-corrected chi connectivity index (χ2v) is 5.89. The van der Waals surface area contributed by atoms with Gasteiger partial charge in [0.15, 0.2) is 5.82 Å². The summed E-state index contributed by atoms with van der Waals surface area (Å²) in [4.78, 5) is 8.01. The Hall–Kier alpha value is -2.18. The van der Waals surface area contributed by atoms with E-state index in [-0.39, 0.29) is 17.2 Å². The molecule has 112 valence electrons. The first-order valence-corrected chi connectivity index (χ1v) is 7.21. The highest BCUT2D eigenvalue weighted by atomic mass is 16.6. The molecule has 0 spiro atoms. The van der Waals surface area contributed by atoms with Crippen molar-refractivity contribution >= 4 is 17.1 Å². The van der Waals surface area contributed by atoms with Crippen molar-refractivity contribution in [3.05, 3.63) is 12.2 Å². The lowest BCUT2D eigenvalue weighted by Crippen LogP contribution is -2.18. The van der Waals surface area contributed by atoms with Crippen LogP contribution < -0.4 is 5.32 Å². The second-order valence-electron chi connectivity index (χ2n) is 5.89. The summed E-state index contributed by atoms with van der Waals surface area (Å²) in [6.45, 7) is 7.11. The van der Waals surface area contributed by atoms with E-state index in [9.17, 15) is 5.11 Å². The topological polar surface area (TPSA) is 97.0 Å². The van der Waals surface area contributed by atoms with E-state index in [4.69, 9.17) is 0 Å². The van der Waals surface area contributed by atoms with Crippen LogP contribution in [0, 0.1) is 11.8 Å². The maximum Gasteiger partial charge on any atom is 0.257 e. The third-order valence-corrected chi connectivity index (χ3v) is 3.89. The predicted molar refractivity (Wildman–Crippen MR) is 77.8 cm³/mol. The van der Waals surface area contributed by atoms with Crippen LogP contribution >= 0.6 is 0 Å². The van der Waals surface area contributed by atoms with Crippen LogP contribution in [0.5, 0.6) is 5.88 Å². The van der Waals surface area contributed by atoms with Gasteiger partial charge in [0.05, 0.1) is 0 Å². The van der Waals surface area contributed by atoms with Crippen LogP contribution in [0.1, 0.15) is 32.6 Å². The molecule has 0 saturated heterocycles. The van der Waals surface area contributed by atoms with Gasteiger partial charge >= 0.3 is 0 Å². The zero-order valence-corrected chi connectivity index (χ0v) is 12.0. The fourth-order valence-corrected chi connectivity index (χ4v) is 3.08. The Balaban J connectivity index is 1.58. The Labute approximate surface area is 122 Å². The molecule has 7 heteroatoms. The van der Waals surface area contributed by atoms with Crippen LogP contribution in [0.15, 0.2) is 16.8 Å². The van der Waals surface area contributed by atoms with Crippen molar-refractivity contribution in [3.8, 4) is 5.88 Å². The van der Waals surface area contributed by atoms with Gasteiger partial charge in [-0.15, -0.1) is 0 Å². The Kier molecular flexibility index (Phi) is 3.72. The lowest BCUT2D eigenvalue weighted by Gasteiger charge is -2.28. The molecule has 0 aliphatic heterocycles. The number of hydrogen-bond donors (Lipinski definition) is 2. The minimum Gasteiger partial charge on any atom is -0.491 e. The molecule has 0 bridgehead atoms. The minimum atomic E-state index is -0.181. The molecule has 2 aromatic rings. The van der Waals surface area contributed by atoms with Gasteiger partial charge in [0, 0.05) is 6.54 Å². The van der Waals surface area contributed by atoms with Gasteiger partial charge in [-0.3, -0.25) is 0 Å². The first-order chi connectivity index (χ1) is 10.1. The Bertz CT molecular complexity index is 654. The maximum absolute atomic E-state index is 9.79. The van der Waals surface area contributed by atoms with Crippen LogP contribution in [0.3, 0.4) is 0 Å². The fourth-order valence-electron chi connectivity index (χ4n) is 3.08. The first-order valence-electron chi connectivity index (χ1n) is 7.21. The molecule has 1 aliphatic carbocycles. The lowest BCUT2D eigenvalue weighted by atomic mass is 9.78. The molecule has 1 saturated carbocycles. The summed E-state index contributed by atoms with van der Waals surface area (Å²) in [6.07, 6.45) is 4.48. The van der Waals surface area contributed by atoms with Crippen molar-refractivity contribution in [1.82, 2.24) is 20.3 Å². The Morgan fingerprint density at radius 3 is 2.81 bits per heavy atom. The van der Waals surface area contributed by atoms with Crippen LogP contribution in [0.4, 0.5) is 5.82 Å². The van der Waals surface area contributed by atoms with Crippen LogP contribution in [-0.4, -0.2) is 31.9 Å². The smallest absolute Gasteiger partial charge is 0.257 e. The highest BCUT2D eigenvalue weighted by Crippen LogP contribution is 2.33. The summed E-state index contributed by atoms with van der Waals surface area (Å²) in [7, 11) is 0. The zero-order valence-electron chi connectivity index (χ0n) is 12.0. The van der Waals surface area contributed by atoms with Crippen molar-refractivity contribution in [3.63, 3.8) is 0 Å². The molecule has 2 aromatic heterocycles. The molecule has 2 atom stereocenters. The number of hydrogen-bond acceptors (Lipinski definition) is 7. The van der Waals surface area contributed by atoms with Gasteiger partial charge in [-0.2, -0.15) is 9.97 Å². The third-order valence-electron chi connectivity index (χ3n) is 3.89. The van der Waals surface area contributed by atoms with Gasteiger partial charge in [-0.1, -0.05) is 19.1 Å². The van der Waals surface area contributed by atoms with E-state index in [0.717, 1.165) is 25.8 Å². The Morgan fingerprint density at radius 1 is 1.29 bits per heavy atom. The van der Waals surface area contributed by atoms with E-state index in [1.807, 2.05) is 0 Å². The van der Waals surface area contributed by atoms with Gasteiger partial charge in [-0.25, -0.2) is 4.63 Å². The summed E-state index contributed by atoms with van der Waals surface area (Å²) in [6, 6.07) is 0. The van der Waals surface area contributed by atoms with Crippen LogP contribution in [0.2, 0.25) is 0 Å². The molecule has 0 amide bonds. The van der Waals surface area contributed by atoms with Crippen molar-refractivity contribution in [2.75, 3.05) is 11.9 Å². The summed E-state index contributed by atoms with van der Waals surface area (Å²) in [5.41, 5.74) is 1.84. The minimum absolute atomic E-state index is 0.181. The van der Waals surface area contributed by atoms with Gasteiger partial charge in [0.2, 0.25) is 11.3 Å². The molecule has 1 fully saturated rings. The van der Waals surface area contributed by atoms with E-state index in [1.165, 1.54) is 12.0 Å². The van der Waals surface area contributed by atoms with E-state index >= 15 is 0 Å². The summed E-state index contributed by atoms with van der Waals surface area (Å²) >= 11 is 0. The highest BCUT2D eigenvalue weighted by Gasteiger charge is 2.21.